The fourth-order valence-corrected chi connectivity index (χ4v) is 12.8. The molecular weight excluding hydrogens is 983 g/mol. The van der Waals surface area contributed by atoms with E-state index in [9.17, 15) is 14.4 Å². The Balaban J connectivity index is 0.652. The number of amides is 3. The third-order valence-electron chi connectivity index (χ3n) is 16.1. The zero-order valence-electron chi connectivity index (χ0n) is 40.7. The van der Waals surface area contributed by atoms with Crippen LogP contribution in [-0.2, 0) is 22.6 Å². The van der Waals surface area contributed by atoms with E-state index in [2.05, 4.69) is 102 Å². The molecule has 1 unspecified atom stereocenters. The zero-order valence-corrected chi connectivity index (χ0v) is 43.1. The largest absolute Gasteiger partial charge is 0.494 e. The number of piperidine rings is 3. The van der Waals surface area contributed by atoms with Gasteiger partial charge < -0.3 is 34.8 Å². The first-order valence-corrected chi connectivity index (χ1v) is 27.2. The number of benzene rings is 3. The second-order valence-electron chi connectivity index (χ2n) is 20.0. The first kappa shape index (κ1) is 47.6. The number of ether oxygens (including phenoxy) is 1. The lowest BCUT2D eigenvalue weighted by Gasteiger charge is -2.57. The van der Waals surface area contributed by atoms with Crippen LogP contribution in [-0.4, -0.2) is 136 Å². The number of piperazine rings is 1. The van der Waals surface area contributed by atoms with Crippen molar-refractivity contribution in [1.82, 2.24) is 40.0 Å². The highest BCUT2D eigenvalue weighted by Crippen LogP contribution is 2.52. The Bertz CT molecular complexity index is 2840. The third-order valence-corrected chi connectivity index (χ3v) is 17.1. The van der Waals surface area contributed by atoms with Crippen LogP contribution in [0, 0.1) is 5.41 Å². The molecule has 11 rings (SSSR count). The van der Waals surface area contributed by atoms with Gasteiger partial charge in [-0.1, -0.05) is 18.9 Å². The van der Waals surface area contributed by atoms with Crippen molar-refractivity contribution in [3.63, 3.8) is 0 Å². The molecule has 2 aromatic heterocycles. The summed E-state index contributed by atoms with van der Waals surface area (Å²) in [5.41, 5.74) is 9.77. The molecule has 5 fully saturated rings. The van der Waals surface area contributed by atoms with Crippen molar-refractivity contribution in [3.05, 3.63) is 82.2 Å². The number of anilines is 7. The Morgan fingerprint density at radius 2 is 1.61 bits per heavy atom. The summed E-state index contributed by atoms with van der Waals surface area (Å²) >= 11 is 5.13. The lowest BCUT2D eigenvalue weighted by atomic mass is 9.60. The molecule has 3 amide bonds. The molecule has 0 radical (unpaired) electrons. The topological polar surface area (TPSA) is 176 Å². The van der Waals surface area contributed by atoms with E-state index >= 15 is 0 Å². The van der Waals surface area contributed by atoms with Gasteiger partial charge in [-0.05, 0) is 120 Å². The van der Waals surface area contributed by atoms with Gasteiger partial charge in [-0.15, -0.1) is 0 Å². The quantitative estimate of drug-likeness (QED) is 0.0665. The molecule has 19 heteroatoms. The van der Waals surface area contributed by atoms with Crippen molar-refractivity contribution in [2.24, 2.45) is 5.41 Å². The normalized spacial score (nSPS) is 21.1. The van der Waals surface area contributed by atoms with Crippen molar-refractivity contribution >= 4 is 96.8 Å². The van der Waals surface area contributed by atoms with Crippen LogP contribution in [0.4, 0.5) is 40.2 Å². The van der Waals surface area contributed by atoms with Gasteiger partial charge >= 0.3 is 0 Å². The predicted octanol–water partition coefficient (Wildman–Crippen LogP) is 7.73. The zero-order chi connectivity index (χ0) is 48.8. The van der Waals surface area contributed by atoms with Gasteiger partial charge in [0.05, 0.1) is 34.2 Å². The van der Waals surface area contributed by atoms with E-state index in [1.54, 1.807) is 30.6 Å². The Hall–Kier alpha value is -5.76. The molecule has 6 aliphatic rings. The number of hydrogen-bond acceptors (Lipinski definition) is 16. The number of rotatable bonds is 13. The maximum atomic E-state index is 13.3. The number of nitrogens with zero attached hydrogens (tertiary/aromatic N) is 9. The number of carbonyl (C=O) groups is 3. The molecule has 5 aromatic rings. The number of methoxy groups -OCH3 is 1. The average Bonchev–Trinajstić information content (AvgIpc) is 3.71. The summed E-state index contributed by atoms with van der Waals surface area (Å²) in [7, 11) is 1.72. The molecule has 71 heavy (non-hydrogen) atoms. The molecule has 5 aliphatic heterocycles. The van der Waals surface area contributed by atoms with E-state index in [4.69, 9.17) is 9.72 Å². The number of aryl methyl sites for hydroxylation is 1. The fraction of sp³-hybridized carbons (Fsp3) is 0.481. The predicted molar refractivity (Wildman–Crippen MR) is 283 cm³/mol. The third kappa shape index (κ3) is 9.45. The molecule has 17 nitrogen and oxygen atoms in total. The smallest absolute Gasteiger partial charge is 0.255 e. The minimum absolute atomic E-state index is 0.114. The molecule has 1 saturated carbocycles. The van der Waals surface area contributed by atoms with Gasteiger partial charge in [-0.25, -0.2) is 4.98 Å². The minimum Gasteiger partial charge on any atom is -0.494 e. The SMILES string of the molecule is CCc1cc(Nc2ncc(Br)c(Nc3ccc4nccnc4c3NSC)n2)c(OC)cc1N1CCC(N2CCN(C3CC4(CCN(c5ccc6c(c5)CN(C5CCC(=O)NC5=O)C6=O)CC4)C3)CC2)CC1. The molecule has 3 aromatic carbocycles. The van der Waals surface area contributed by atoms with E-state index < -0.39 is 6.04 Å². The molecule has 0 bridgehead atoms. The van der Waals surface area contributed by atoms with Crippen LogP contribution in [0.5, 0.6) is 5.75 Å². The Morgan fingerprint density at radius 3 is 2.34 bits per heavy atom. The highest BCUT2D eigenvalue weighted by molar-refractivity contribution is 9.10. The van der Waals surface area contributed by atoms with E-state index in [0.717, 1.165) is 121 Å². The number of fused-ring (bicyclic) bond motifs is 2. The molecule has 7 heterocycles. The van der Waals surface area contributed by atoms with Crippen LogP contribution in [0.3, 0.4) is 0 Å². The standard InChI is InChI=1S/C52H62BrN13O4S/c1-4-32-26-41(58-51-56-30-38(53)48(60-51)57-40-8-7-39-46(47(40)61-71-3)55-16-15-54-39)44(70-2)27-43(32)65-17-11-34(12-18-65)63-21-23-64(24-22-63)36-28-52(29-36)13-19-62(20-14-52)35-5-6-37-33(25-35)31-66(50(37)69)42-9-10-45(67)59-49(42)68/h5-8,15-16,25-27,30,34,36,42,61H,4,9-14,17-24,28-29,31H2,1-3H3,(H,59,67,68)(H2,56,57,58,60). The summed E-state index contributed by atoms with van der Waals surface area (Å²) in [5.74, 6) is 1.05. The van der Waals surface area contributed by atoms with Gasteiger partial charge in [-0.2, -0.15) is 4.98 Å². The summed E-state index contributed by atoms with van der Waals surface area (Å²) in [5, 5.41) is 9.33. The van der Waals surface area contributed by atoms with Gasteiger partial charge in [0.2, 0.25) is 17.8 Å². The second-order valence-corrected chi connectivity index (χ2v) is 21.4. The molecule has 372 valence electrons. The number of imide groups is 1. The van der Waals surface area contributed by atoms with Crippen LogP contribution in [0.2, 0.25) is 0 Å². The first-order chi connectivity index (χ1) is 34.6. The first-order valence-electron chi connectivity index (χ1n) is 25.1. The van der Waals surface area contributed by atoms with Crippen molar-refractivity contribution in [1.29, 1.82) is 0 Å². The highest BCUT2D eigenvalue weighted by atomic mass is 79.9. The van der Waals surface area contributed by atoms with Crippen molar-refractivity contribution in [3.8, 4) is 5.75 Å². The van der Waals surface area contributed by atoms with E-state index in [1.807, 2.05) is 24.5 Å². The van der Waals surface area contributed by atoms with E-state index in [-0.39, 0.29) is 24.1 Å². The van der Waals surface area contributed by atoms with Gasteiger partial charge in [0.1, 0.15) is 23.1 Å². The van der Waals surface area contributed by atoms with Gasteiger partial charge in [-0.3, -0.25) is 39.5 Å². The fourth-order valence-electron chi connectivity index (χ4n) is 12.1. The molecule has 4 saturated heterocycles. The van der Waals surface area contributed by atoms with Crippen LogP contribution in [0.1, 0.15) is 79.8 Å². The maximum absolute atomic E-state index is 13.3. The lowest BCUT2D eigenvalue weighted by molar-refractivity contribution is -0.136. The van der Waals surface area contributed by atoms with Crippen molar-refractivity contribution < 1.29 is 19.1 Å². The van der Waals surface area contributed by atoms with Crippen LogP contribution < -0.4 is 35.2 Å². The highest BCUT2D eigenvalue weighted by Gasteiger charge is 2.48. The molecule has 1 spiro atoms. The van der Waals surface area contributed by atoms with E-state index in [0.29, 0.717) is 47.8 Å². The maximum Gasteiger partial charge on any atom is 0.255 e. The molecular formula is C52H62BrN13O4S. The summed E-state index contributed by atoms with van der Waals surface area (Å²) < 4.78 is 10.1. The summed E-state index contributed by atoms with van der Waals surface area (Å²) in [6, 6.07) is 15.1. The monoisotopic (exact) mass is 1040 g/mol. The number of carbonyl (C=O) groups excluding carboxylic acids is 3. The average molecular weight is 1050 g/mol. The Labute approximate surface area is 427 Å². The number of hydrogen-bond donors (Lipinski definition) is 4. The summed E-state index contributed by atoms with van der Waals surface area (Å²) in [6.45, 7) is 11.3. The molecule has 1 aliphatic carbocycles. The Morgan fingerprint density at radius 1 is 0.845 bits per heavy atom. The van der Waals surface area contributed by atoms with Crippen LogP contribution >= 0.6 is 27.9 Å². The second kappa shape index (κ2) is 20.0. The summed E-state index contributed by atoms with van der Waals surface area (Å²) in [4.78, 5) is 68.2. The minimum atomic E-state index is -0.586. The van der Waals surface area contributed by atoms with Crippen molar-refractivity contribution in [2.75, 3.05) is 90.9 Å². The molecule has 1 atom stereocenters. The number of aromatic nitrogens is 4. The van der Waals surface area contributed by atoms with Gasteiger partial charge in [0.15, 0.2) is 0 Å². The van der Waals surface area contributed by atoms with Gasteiger partial charge in [0, 0.05) is 125 Å². The van der Waals surface area contributed by atoms with Crippen LogP contribution in [0.15, 0.2) is 65.5 Å². The summed E-state index contributed by atoms with van der Waals surface area (Å²) in [6.07, 6.45) is 15.9. The van der Waals surface area contributed by atoms with Crippen molar-refractivity contribution in [2.45, 2.75) is 89.4 Å². The van der Waals surface area contributed by atoms with E-state index in [1.165, 1.54) is 48.9 Å². The van der Waals surface area contributed by atoms with Crippen LogP contribution in [0.25, 0.3) is 11.0 Å². The number of halogens is 1. The molecule has 4 N–H and O–H groups in total. The Kier molecular flexibility index (Phi) is 13.4. The lowest BCUT2D eigenvalue weighted by Crippen LogP contribution is -2.60. The van der Waals surface area contributed by atoms with Gasteiger partial charge in [0.25, 0.3) is 5.91 Å². The number of nitrogens with one attached hydrogen (secondary N) is 4.